The Morgan fingerprint density at radius 3 is 2.48 bits per heavy atom. The summed E-state index contributed by atoms with van der Waals surface area (Å²) in [4.78, 5) is 23.6. The summed E-state index contributed by atoms with van der Waals surface area (Å²) in [5, 5.41) is 8.48. The van der Waals surface area contributed by atoms with Crippen molar-refractivity contribution in [3.63, 3.8) is 0 Å². The summed E-state index contributed by atoms with van der Waals surface area (Å²) >= 11 is 0. The fourth-order valence-electron chi connectivity index (χ4n) is 3.55. The third kappa shape index (κ3) is 4.49. The van der Waals surface area contributed by atoms with E-state index in [4.69, 9.17) is 23.4 Å². The van der Waals surface area contributed by atoms with Crippen LogP contribution in [0.4, 0.5) is 0 Å². The summed E-state index contributed by atoms with van der Waals surface area (Å²) in [6, 6.07) is 10.2. The van der Waals surface area contributed by atoms with Crippen molar-refractivity contribution in [1.82, 2.24) is 15.0 Å². The quantitative estimate of drug-likeness (QED) is 0.309. The van der Waals surface area contributed by atoms with Gasteiger partial charge < -0.3 is 23.4 Å². The van der Waals surface area contributed by atoms with E-state index < -0.39 is 11.6 Å². The Balaban J connectivity index is 1.90. The number of fused-ring (bicyclic) bond motifs is 1. The number of esters is 1. The Morgan fingerprint density at radius 2 is 1.79 bits per heavy atom. The largest absolute Gasteiger partial charge is 0.497 e. The van der Waals surface area contributed by atoms with Crippen LogP contribution in [-0.2, 0) is 11.3 Å². The van der Waals surface area contributed by atoms with Gasteiger partial charge in [-0.25, -0.2) is 9.48 Å². The third-order valence-corrected chi connectivity index (χ3v) is 4.94. The highest BCUT2D eigenvalue weighted by atomic mass is 16.5. The Kier molecular flexibility index (Phi) is 5.99. The molecule has 0 saturated heterocycles. The second-order valence-corrected chi connectivity index (χ2v) is 7.05. The minimum atomic E-state index is -0.521. The molecule has 4 rings (SSSR count). The Morgan fingerprint density at radius 1 is 1.00 bits per heavy atom. The van der Waals surface area contributed by atoms with Gasteiger partial charge in [-0.15, -0.1) is 0 Å². The van der Waals surface area contributed by atoms with Crippen LogP contribution in [0.3, 0.4) is 0 Å². The number of hydrogen-bond acceptors (Lipinski definition) is 9. The number of nitrogens with zero attached hydrogens (tertiary/aromatic N) is 3. The number of methoxy groups -OCH3 is 3. The first kappa shape index (κ1) is 21.9. The Hall–Kier alpha value is -4.34. The molecular weight excluding hydrogens is 430 g/mol. The molecule has 10 heteroatoms. The minimum Gasteiger partial charge on any atom is -0.497 e. The number of aromatic nitrogens is 3. The molecule has 0 bridgehead atoms. The van der Waals surface area contributed by atoms with Crippen molar-refractivity contribution in [1.29, 1.82) is 0 Å². The van der Waals surface area contributed by atoms with E-state index in [1.165, 1.54) is 38.1 Å². The molecule has 170 valence electrons. The highest BCUT2D eigenvalue weighted by Gasteiger charge is 2.18. The van der Waals surface area contributed by atoms with Gasteiger partial charge in [0.2, 0.25) is 0 Å². The first-order valence-corrected chi connectivity index (χ1v) is 9.87. The van der Waals surface area contributed by atoms with Crippen LogP contribution in [0.15, 0.2) is 51.8 Å². The van der Waals surface area contributed by atoms with Gasteiger partial charge in [-0.1, -0.05) is 16.4 Å². The monoisotopic (exact) mass is 451 g/mol. The predicted octanol–water partition coefficient (Wildman–Crippen LogP) is 3.05. The molecule has 0 saturated carbocycles. The molecule has 0 aliphatic carbocycles. The van der Waals surface area contributed by atoms with Crippen LogP contribution in [0.5, 0.6) is 23.1 Å². The van der Waals surface area contributed by atoms with Gasteiger partial charge in [0.05, 0.1) is 39.5 Å². The molecule has 2 heterocycles. The molecule has 0 radical (unpaired) electrons. The van der Waals surface area contributed by atoms with Gasteiger partial charge in [0, 0.05) is 30.7 Å². The van der Waals surface area contributed by atoms with E-state index >= 15 is 0 Å². The maximum atomic E-state index is 12.4. The fraction of sp³-hybridized carbons (Fsp3) is 0.217. The van der Waals surface area contributed by atoms with Crippen LogP contribution < -0.4 is 24.6 Å². The van der Waals surface area contributed by atoms with E-state index in [-0.39, 0.29) is 12.4 Å². The number of benzene rings is 2. The van der Waals surface area contributed by atoms with Crippen molar-refractivity contribution in [2.45, 2.75) is 13.5 Å². The summed E-state index contributed by atoms with van der Waals surface area (Å²) < 4.78 is 28.2. The Labute approximate surface area is 188 Å². The molecular formula is C23H21N3O7. The molecule has 33 heavy (non-hydrogen) atoms. The molecule has 0 unspecified atom stereocenters. The first-order valence-electron chi connectivity index (χ1n) is 9.87. The van der Waals surface area contributed by atoms with Crippen LogP contribution in [0.1, 0.15) is 12.5 Å². The van der Waals surface area contributed by atoms with Crippen molar-refractivity contribution < 1.29 is 28.2 Å². The van der Waals surface area contributed by atoms with E-state index in [0.29, 0.717) is 33.8 Å². The van der Waals surface area contributed by atoms with Crippen LogP contribution in [0.2, 0.25) is 0 Å². The van der Waals surface area contributed by atoms with Gasteiger partial charge in [-0.2, -0.15) is 0 Å². The van der Waals surface area contributed by atoms with Gasteiger partial charge in [-0.3, -0.25) is 4.79 Å². The second-order valence-electron chi connectivity index (χ2n) is 7.05. The summed E-state index contributed by atoms with van der Waals surface area (Å²) in [7, 11) is 4.62. The number of carbonyl (C=O) groups excluding carboxylic acids is 1. The molecule has 4 aromatic rings. The van der Waals surface area contributed by atoms with Crippen LogP contribution in [-0.4, -0.2) is 42.3 Å². The van der Waals surface area contributed by atoms with Crippen LogP contribution >= 0.6 is 0 Å². The van der Waals surface area contributed by atoms with Crippen molar-refractivity contribution in [2.24, 2.45) is 0 Å². The molecule has 0 amide bonds. The number of carbonyl (C=O) groups is 1. The average molecular weight is 451 g/mol. The molecule has 0 aliphatic heterocycles. The zero-order chi connectivity index (χ0) is 23.5. The molecule has 10 nitrogen and oxygen atoms in total. The molecule has 0 N–H and O–H groups in total. The molecule has 0 atom stereocenters. The normalized spacial score (nSPS) is 10.8. The summed E-state index contributed by atoms with van der Waals surface area (Å²) in [6.45, 7) is 1.55. The summed E-state index contributed by atoms with van der Waals surface area (Å²) in [5.74, 6) is 1.20. The van der Waals surface area contributed by atoms with E-state index in [9.17, 15) is 9.59 Å². The standard InChI is InChI=1S/C23H21N3O7/c1-13(27)32-21-12-26(25-24-21)11-14-7-15(29-2)5-6-17(14)18-10-22(28)33-20-9-16(30-3)8-19(31-4)23(18)20/h5-10,12H,11H2,1-4H3. The highest BCUT2D eigenvalue weighted by molar-refractivity contribution is 5.99. The molecule has 0 fully saturated rings. The van der Waals surface area contributed by atoms with Crippen molar-refractivity contribution in [2.75, 3.05) is 21.3 Å². The van der Waals surface area contributed by atoms with Gasteiger partial charge in [0.25, 0.3) is 5.88 Å². The summed E-state index contributed by atoms with van der Waals surface area (Å²) in [6.07, 6.45) is 1.51. The van der Waals surface area contributed by atoms with Crippen LogP contribution in [0, 0.1) is 0 Å². The van der Waals surface area contributed by atoms with Crippen molar-refractivity contribution in [3.8, 4) is 34.3 Å². The zero-order valence-electron chi connectivity index (χ0n) is 18.4. The van der Waals surface area contributed by atoms with Gasteiger partial charge in [-0.05, 0) is 23.3 Å². The van der Waals surface area contributed by atoms with Crippen LogP contribution in [0.25, 0.3) is 22.1 Å². The predicted molar refractivity (Wildman–Crippen MR) is 118 cm³/mol. The van der Waals surface area contributed by atoms with E-state index in [1.807, 2.05) is 12.1 Å². The van der Waals surface area contributed by atoms with E-state index in [2.05, 4.69) is 10.3 Å². The van der Waals surface area contributed by atoms with E-state index in [1.54, 1.807) is 25.3 Å². The lowest BCUT2D eigenvalue weighted by Gasteiger charge is -2.15. The lowest BCUT2D eigenvalue weighted by molar-refractivity contribution is -0.132. The molecule has 2 aromatic carbocycles. The number of hydrogen-bond donors (Lipinski definition) is 0. The SMILES string of the molecule is COc1ccc(-c2cc(=O)oc3cc(OC)cc(OC)c23)c(Cn2cc(OC(C)=O)nn2)c1. The smallest absolute Gasteiger partial charge is 0.336 e. The molecule has 0 aliphatic rings. The van der Waals surface area contributed by atoms with Gasteiger partial charge in [0.15, 0.2) is 0 Å². The third-order valence-electron chi connectivity index (χ3n) is 4.94. The second kappa shape index (κ2) is 9.03. The molecule has 0 spiro atoms. The minimum absolute atomic E-state index is 0.0894. The highest BCUT2D eigenvalue weighted by Crippen LogP contribution is 2.39. The number of ether oxygens (including phenoxy) is 4. The zero-order valence-corrected chi connectivity index (χ0v) is 18.4. The maximum absolute atomic E-state index is 12.4. The fourth-order valence-corrected chi connectivity index (χ4v) is 3.55. The lowest BCUT2D eigenvalue weighted by Crippen LogP contribution is -2.05. The average Bonchev–Trinajstić information content (AvgIpc) is 3.23. The number of rotatable bonds is 7. The first-order chi connectivity index (χ1) is 15.9. The lowest BCUT2D eigenvalue weighted by atomic mass is 9.96. The van der Waals surface area contributed by atoms with Crippen molar-refractivity contribution >= 4 is 16.9 Å². The molecule has 2 aromatic heterocycles. The Bertz CT molecular complexity index is 1390. The van der Waals surface area contributed by atoms with Gasteiger partial charge in [0.1, 0.15) is 22.8 Å². The van der Waals surface area contributed by atoms with E-state index in [0.717, 1.165) is 11.1 Å². The maximum Gasteiger partial charge on any atom is 0.336 e. The topological polar surface area (TPSA) is 115 Å². The summed E-state index contributed by atoms with van der Waals surface area (Å²) in [5.41, 5.74) is 1.93. The van der Waals surface area contributed by atoms with Gasteiger partial charge >= 0.3 is 11.6 Å². The van der Waals surface area contributed by atoms with Crippen molar-refractivity contribution in [3.05, 3.63) is 58.6 Å².